The van der Waals surface area contributed by atoms with E-state index in [1.165, 1.54) is 17.7 Å². The first-order chi connectivity index (χ1) is 12.0. The van der Waals surface area contributed by atoms with Gasteiger partial charge >= 0.3 is 0 Å². The standard InChI is InChI=1S/C20H24FN3O/c1-15-3-7-18(8-4-15)22-16(2)20(25)24-13-11-23(12-14-24)19-9-5-17(21)6-10-19/h3-10,16,22H,11-14H2,1-2H3. The Bertz CT molecular complexity index is 707. The van der Waals surface area contributed by atoms with Crippen molar-refractivity contribution in [2.75, 3.05) is 36.4 Å². The zero-order valence-corrected chi connectivity index (χ0v) is 14.7. The summed E-state index contributed by atoms with van der Waals surface area (Å²) in [6.07, 6.45) is 0. The fourth-order valence-corrected chi connectivity index (χ4v) is 3.07. The number of hydrogen-bond acceptors (Lipinski definition) is 3. The normalized spacial score (nSPS) is 15.8. The predicted octanol–water partition coefficient (Wildman–Crippen LogP) is 3.28. The van der Waals surface area contributed by atoms with E-state index in [4.69, 9.17) is 0 Å². The Labute approximate surface area is 148 Å². The molecular formula is C20H24FN3O. The second kappa shape index (κ2) is 7.55. The van der Waals surface area contributed by atoms with Gasteiger partial charge in [0.1, 0.15) is 11.9 Å². The number of piperazine rings is 1. The van der Waals surface area contributed by atoms with Crippen LogP contribution in [-0.4, -0.2) is 43.0 Å². The second-order valence-electron chi connectivity index (χ2n) is 6.52. The summed E-state index contributed by atoms with van der Waals surface area (Å²) < 4.78 is 13.0. The van der Waals surface area contributed by atoms with Crippen LogP contribution >= 0.6 is 0 Å². The molecule has 2 aromatic rings. The Hall–Kier alpha value is -2.56. The van der Waals surface area contributed by atoms with Crippen LogP contribution in [0.4, 0.5) is 15.8 Å². The number of hydrogen-bond donors (Lipinski definition) is 1. The molecule has 1 aliphatic rings. The van der Waals surface area contributed by atoms with E-state index in [0.717, 1.165) is 24.5 Å². The average molecular weight is 341 g/mol. The van der Waals surface area contributed by atoms with E-state index in [0.29, 0.717) is 13.1 Å². The smallest absolute Gasteiger partial charge is 0.244 e. The summed E-state index contributed by atoms with van der Waals surface area (Å²) in [6.45, 7) is 6.81. The third kappa shape index (κ3) is 4.29. The third-order valence-electron chi connectivity index (χ3n) is 4.59. The van der Waals surface area contributed by atoms with Crippen LogP contribution in [0.2, 0.25) is 0 Å². The number of nitrogens with zero attached hydrogens (tertiary/aromatic N) is 2. The molecule has 5 heteroatoms. The fraction of sp³-hybridized carbons (Fsp3) is 0.350. The minimum atomic E-state index is -0.264. The highest BCUT2D eigenvalue weighted by Crippen LogP contribution is 2.18. The number of aryl methyl sites for hydroxylation is 1. The van der Waals surface area contributed by atoms with Crippen LogP contribution in [0.15, 0.2) is 48.5 Å². The SMILES string of the molecule is Cc1ccc(NC(C)C(=O)N2CCN(c3ccc(F)cc3)CC2)cc1. The molecule has 0 saturated carbocycles. The van der Waals surface area contributed by atoms with E-state index < -0.39 is 0 Å². The summed E-state index contributed by atoms with van der Waals surface area (Å²) in [6, 6.07) is 14.3. The minimum Gasteiger partial charge on any atom is -0.374 e. The van der Waals surface area contributed by atoms with Gasteiger partial charge in [0.2, 0.25) is 5.91 Å². The summed E-state index contributed by atoms with van der Waals surface area (Å²) in [5, 5.41) is 3.27. The first-order valence-electron chi connectivity index (χ1n) is 8.65. The molecular weight excluding hydrogens is 317 g/mol. The largest absolute Gasteiger partial charge is 0.374 e. The highest BCUT2D eigenvalue weighted by atomic mass is 19.1. The molecule has 1 N–H and O–H groups in total. The van der Waals surface area contributed by atoms with Crippen molar-refractivity contribution >= 4 is 17.3 Å². The number of halogens is 1. The third-order valence-corrected chi connectivity index (χ3v) is 4.59. The number of amides is 1. The van der Waals surface area contributed by atoms with Crippen LogP contribution < -0.4 is 10.2 Å². The number of nitrogens with one attached hydrogen (secondary N) is 1. The van der Waals surface area contributed by atoms with E-state index in [1.54, 1.807) is 12.1 Å². The molecule has 1 saturated heterocycles. The highest BCUT2D eigenvalue weighted by Gasteiger charge is 2.25. The van der Waals surface area contributed by atoms with Crippen LogP contribution in [0.25, 0.3) is 0 Å². The average Bonchev–Trinajstić information content (AvgIpc) is 2.64. The maximum absolute atomic E-state index is 13.0. The monoisotopic (exact) mass is 341 g/mol. The van der Waals surface area contributed by atoms with E-state index in [-0.39, 0.29) is 17.8 Å². The van der Waals surface area contributed by atoms with Crippen LogP contribution in [-0.2, 0) is 4.79 Å². The molecule has 1 amide bonds. The van der Waals surface area contributed by atoms with Crippen molar-refractivity contribution in [1.82, 2.24) is 4.90 Å². The quantitative estimate of drug-likeness (QED) is 0.927. The molecule has 2 aromatic carbocycles. The van der Waals surface area contributed by atoms with E-state index >= 15 is 0 Å². The van der Waals surface area contributed by atoms with Crippen molar-refractivity contribution in [3.05, 3.63) is 59.9 Å². The molecule has 0 radical (unpaired) electrons. The van der Waals surface area contributed by atoms with Crippen LogP contribution in [0.5, 0.6) is 0 Å². The lowest BCUT2D eigenvalue weighted by atomic mass is 10.2. The van der Waals surface area contributed by atoms with E-state index in [9.17, 15) is 9.18 Å². The van der Waals surface area contributed by atoms with Gasteiger partial charge in [-0.15, -0.1) is 0 Å². The lowest BCUT2D eigenvalue weighted by Gasteiger charge is -2.37. The van der Waals surface area contributed by atoms with Crippen molar-refractivity contribution in [2.24, 2.45) is 0 Å². The molecule has 1 unspecified atom stereocenters. The lowest BCUT2D eigenvalue weighted by Crippen LogP contribution is -2.52. The van der Waals surface area contributed by atoms with Crippen LogP contribution in [0.3, 0.4) is 0 Å². The molecule has 1 heterocycles. The zero-order chi connectivity index (χ0) is 17.8. The summed E-state index contributed by atoms with van der Waals surface area (Å²) in [7, 11) is 0. The summed E-state index contributed by atoms with van der Waals surface area (Å²) in [5.41, 5.74) is 3.15. The Kier molecular flexibility index (Phi) is 5.22. The zero-order valence-electron chi connectivity index (χ0n) is 14.7. The number of anilines is 2. The Balaban J connectivity index is 1.53. The maximum atomic E-state index is 13.0. The van der Waals surface area contributed by atoms with Gasteiger partial charge in [0.15, 0.2) is 0 Å². The first kappa shape index (κ1) is 17.3. The summed E-state index contributed by atoms with van der Waals surface area (Å²) >= 11 is 0. The molecule has 1 fully saturated rings. The summed E-state index contributed by atoms with van der Waals surface area (Å²) in [4.78, 5) is 16.7. The molecule has 3 rings (SSSR count). The van der Waals surface area contributed by atoms with Gasteiger partial charge in [0.05, 0.1) is 0 Å². The van der Waals surface area contributed by atoms with Crippen molar-refractivity contribution in [1.29, 1.82) is 0 Å². The molecule has 0 bridgehead atoms. The van der Waals surface area contributed by atoms with Gasteiger partial charge in [0.25, 0.3) is 0 Å². The number of carbonyl (C=O) groups excluding carboxylic acids is 1. The molecule has 1 atom stereocenters. The Morgan fingerprint density at radius 3 is 2.20 bits per heavy atom. The van der Waals surface area contributed by atoms with Gasteiger partial charge in [-0.25, -0.2) is 4.39 Å². The van der Waals surface area contributed by atoms with Gasteiger partial charge in [-0.3, -0.25) is 4.79 Å². The molecule has 132 valence electrons. The van der Waals surface area contributed by atoms with Crippen molar-refractivity contribution in [2.45, 2.75) is 19.9 Å². The summed E-state index contributed by atoms with van der Waals surface area (Å²) in [5.74, 6) is -0.118. The lowest BCUT2D eigenvalue weighted by molar-refractivity contribution is -0.131. The number of benzene rings is 2. The van der Waals surface area contributed by atoms with Crippen LogP contribution in [0.1, 0.15) is 12.5 Å². The Morgan fingerprint density at radius 1 is 1.00 bits per heavy atom. The van der Waals surface area contributed by atoms with Crippen molar-refractivity contribution in [3.63, 3.8) is 0 Å². The van der Waals surface area contributed by atoms with Crippen molar-refractivity contribution in [3.8, 4) is 0 Å². The van der Waals surface area contributed by atoms with Gasteiger partial charge in [-0.2, -0.15) is 0 Å². The minimum absolute atomic E-state index is 0.110. The van der Waals surface area contributed by atoms with Gasteiger partial charge in [-0.1, -0.05) is 17.7 Å². The molecule has 0 aromatic heterocycles. The van der Waals surface area contributed by atoms with Gasteiger partial charge in [0, 0.05) is 37.6 Å². The molecule has 4 nitrogen and oxygen atoms in total. The molecule has 0 aliphatic carbocycles. The van der Waals surface area contributed by atoms with E-state index in [2.05, 4.69) is 10.2 Å². The van der Waals surface area contributed by atoms with Gasteiger partial charge < -0.3 is 15.1 Å². The maximum Gasteiger partial charge on any atom is 0.244 e. The van der Waals surface area contributed by atoms with Crippen molar-refractivity contribution < 1.29 is 9.18 Å². The first-order valence-corrected chi connectivity index (χ1v) is 8.65. The topological polar surface area (TPSA) is 35.6 Å². The van der Waals surface area contributed by atoms with E-state index in [1.807, 2.05) is 43.0 Å². The number of rotatable bonds is 4. The molecule has 1 aliphatic heterocycles. The van der Waals surface area contributed by atoms with Crippen LogP contribution in [0, 0.1) is 12.7 Å². The predicted molar refractivity (Wildman–Crippen MR) is 99.5 cm³/mol. The Morgan fingerprint density at radius 2 is 1.60 bits per heavy atom. The highest BCUT2D eigenvalue weighted by molar-refractivity contribution is 5.84. The second-order valence-corrected chi connectivity index (χ2v) is 6.52. The molecule has 25 heavy (non-hydrogen) atoms. The molecule has 0 spiro atoms. The fourth-order valence-electron chi connectivity index (χ4n) is 3.07. The van der Waals surface area contributed by atoms with Gasteiger partial charge in [-0.05, 0) is 50.2 Å². The number of carbonyl (C=O) groups is 1.